The van der Waals surface area contributed by atoms with E-state index < -0.39 is 5.91 Å². The molecular formula is C10H8N2O. The number of nitrogens with two attached hydrogens (primary N) is 1. The molecule has 0 aliphatic carbocycles. The highest BCUT2D eigenvalue weighted by Gasteiger charge is 2.00. The van der Waals surface area contributed by atoms with Crippen molar-refractivity contribution in [1.82, 2.24) is 4.98 Å². The molecule has 2 N–H and O–H groups in total. The lowest BCUT2D eigenvalue weighted by molar-refractivity contribution is 0.100. The van der Waals surface area contributed by atoms with Gasteiger partial charge in [-0.3, -0.25) is 9.78 Å². The molecule has 0 atom stereocenters. The van der Waals surface area contributed by atoms with E-state index in [1.165, 1.54) is 0 Å². The number of aromatic nitrogens is 1. The maximum Gasteiger partial charge on any atom is 0.248 e. The molecule has 0 radical (unpaired) electrons. The van der Waals surface area contributed by atoms with Crippen molar-refractivity contribution in [3.05, 3.63) is 42.2 Å². The SMILES string of the molecule is NC(=O)c1ccc2cnccc2c1. The molecule has 13 heavy (non-hydrogen) atoms. The van der Waals surface area contributed by atoms with Gasteiger partial charge in [0.2, 0.25) is 5.91 Å². The number of pyridine rings is 1. The third kappa shape index (κ3) is 1.36. The zero-order valence-corrected chi connectivity index (χ0v) is 6.90. The number of hydrogen-bond acceptors (Lipinski definition) is 2. The molecule has 0 aliphatic rings. The molecule has 1 aromatic heterocycles. The highest BCUT2D eigenvalue weighted by molar-refractivity contribution is 5.97. The molecule has 1 amide bonds. The molecule has 64 valence electrons. The highest BCUT2D eigenvalue weighted by Crippen LogP contribution is 2.13. The molecule has 1 aromatic carbocycles. The van der Waals surface area contributed by atoms with Crippen LogP contribution in [0.15, 0.2) is 36.7 Å². The van der Waals surface area contributed by atoms with Crippen LogP contribution in [0.3, 0.4) is 0 Å². The topological polar surface area (TPSA) is 56.0 Å². The Morgan fingerprint density at radius 2 is 2.08 bits per heavy atom. The molecule has 3 nitrogen and oxygen atoms in total. The average Bonchev–Trinajstić information content (AvgIpc) is 2.17. The van der Waals surface area contributed by atoms with Crippen LogP contribution in [0.4, 0.5) is 0 Å². The Balaban J connectivity index is 2.69. The number of nitrogens with zero attached hydrogens (tertiary/aromatic N) is 1. The molecule has 2 rings (SSSR count). The quantitative estimate of drug-likeness (QED) is 0.705. The lowest BCUT2D eigenvalue weighted by Gasteiger charge is -1.98. The van der Waals surface area contributed by atoms with Crippen LogP contribution in [0.25, 0.3) is 10.8 Å². The second-order valence-electron chi connectivity index (χ2n) is 2.80. The van der Waals surface area contributed by atoms with Gasteiger partial charge in [0.25, 0.3) is 0 Å². The maximum absolute atomic E-state index is 10.9. The summed E-state index contributed by atoms with van der Waals surface area (Å²) in [6.07, 6.45) is 3.44. The monoisotopic (exact) mass is 172 g/mol. The molecular weight excluding hydrogens is 164 g/mol. The van der Waals surface area contributed by atoms with Crippen molar-refractivity contribution in [3.8, 4) is 0 Å². The standard InChI is InChI=1S/C10H8N2O/c11-10(13)8-1-2-9-6-12-4-3-7(9)5-8/h1-6H,(H2,11,13). The number of primary amides is 1. The van der Waals surface area contributed by atoms with Gasteiger partial charge < -0.3 is 5.73 Å². The Bertz CT molecular complexity index is 465. The number of hydrogen-bond donors (Lipinski definition) is 1. The summed E-state index contributed by atoms with van der Waals surface area (Å²) in [6.45, 7) is 0. The second kappa shape index (κ2) is 2.86. The minimum atomic E-state index is -0.404. The third-order valence-corrected chi connectivity index (χ3v) is 1.93. The summed E-state index contributed by atoms with van der Waals surface area (Å²) in [4.78, 5) is 14.8. The van der Waals surface area contributed by atoms with Crippen molar-refractivity contribution >= 4 is 16.7 Å². The van der Waals surface area contributed by atoms with Crippen LogP contribution in [0.1, 0.15) is 10.4 Å². The van der Waals surface area contributed by atoms with Gasteiger partial charge >= 0.3 is 0 Å². The van der Waals surface area contributed by atoms with Crippen molar-refractivity contribution in [2.45, 2.75) is 0 Å². The summed E-state index contributed by atoms with van der Waals surface area (Å²) in [5.74, 6) is -0.404. The minimum absolute atomic E-state index is 0.404. The molecule has 0 unspecified atom stereocenters. The Hall–Kier alpha value is -1.90. The fourth-order valence-corrected chi connectivity index (χ4v) is 1.24. The predicted octanol–water partition coefficient (Wildman–Crippen LogP) is 1.33. The summed E-state index contributed by atoms with van der Waals surface area (Å²) in [6, 6.07) is 7.15. The summed E-state index contributed by atoms with van der Waals surface area (Å²) in [7, 11) is 0. The first-order valence-electron chi connectivity index (χ1n) is 3.91. The van der Waals surface area contributed by atoms with E-state index in [0.29, 0.717) is 5.56 Å². The van der Waals surface area contributed by atoms with Crippen LogP contribution in [-0.4, -0.2) is 10.9 Å². The molecule has 1 heterocycles. The van der Waals surface area contributed by atoms with E-state index in [9.17, 15) is 4.79 Å². The van der Waals surface area contributed by atoms with Crippen LogP contribution >= 0.6 is 0 Å². The van der Waals surface area contributed by atoms with Crippen molar-refractivity contribution in [3.63, 3.8) is 0 Å². The molecule has 0 aliphatic heterocycles. The Morgan fingerprint density at radius 1 is 1.23 bits per heavy atom. The number of carbonyl (C=O) groups excluding carboxylic acids is 1. The summed E-state index contributed by atoms with van der Waals surface area (Å²) in [5.41, 5.74) is 5.68. The number of rotatable bonds is 1. The normalized spacial score (nSPS) is 10.2. The van der Waals surface area contributed by atoms with Gasteiger partial charge in [0.05, 0.1) is 0 Å². The first-order chi connectivity index (χ1) is 6.27. The van der Waals surface area contributed by atoms with Gasteiger partial charge in [-0.15, -0.1) is 0 Å². The molecule has 0 fully saturated rings. The van der Waals surface area contributed by atoms with Crippen molar-refractivity contribution in [2.24, 2.45) is 5.73 Å². The smallest absolute Gasteiger partial charge is 0.248 e. The lowest BCUT2D eigenvalue weighted by Crippen LogP contribution is -2.10. The van der Waals surface area contributed by atoms with Crippen molar-refractivity contribution in [2.75, 3.05) is 0 Å². The predicted molar refractivity (Wildman–Crippen MR) is 50.3 cm³/mol. The van der Waals surface area contributed by atoms with Gasteiger partial charge in [0.15, 0.2) is 0 Å². The zero-order valence-electron chi connectivity index (χ0n) is 6.90. The molecule has 0 bridgehead atoms. The molecule has 0 saturated heterocycles. The van der Waals surface area contributed by atoms with E-state index in [0.717, 1.165) is 10.8 Å². The molecule has 0 spiro atoms. The van der Waals surface area contributed by atoms with E-state index in [1.54, 1.807) is 24.5 Å². The van der Waals surface area contributed by atoms with E-state index in [1.807, 2.05) is 12.1 Å². The zero-order chi connectivity index (χ0) is 9.26. The second-order valence-corrected chi connectivity index (χ2v) is 2.80. The Labute approximate surface area is 75.2 Å². The van der Waals surface area contributed by atoms with Gasteiger partial charge in [-0.1, -0.05) is 6.07 Å². The van der Waals surface area contributed by atoms with Gasteiger partial charge in [-0.05, 0) is 23.6 Å². The number of fused-ring (bicyclic) bond motifs is 1. The van der Waals surface area contributed by atoms with Gasteiger partial charge in [-0.2, -0.15) is 0 Å². The third-order valence-electron chi connectivity index (χ3n) is 1.93. The Morgan fingerprint density at radius 3 is 2.85 bits per heavy atom. The van der Waals surface area contributed by atoms with Crippen LogP contribution in [0.2, 0.25) is 0 Å². The van der Waals surface area contributed by atoms with E-state index in [-0.39, 0.29) is 0 Å². The van der Waals surface area contributed by atoms with Crippen LogP contribution in [-0.2, 0) is 0 Å². The summed E-state index contributed by atoms with van der Waals surface area (Å²) >= 11 is 0. The van der Waals surface area contributed by atoms with Gasteiger partial charge in [-0.25, -0.2) is 0 Å². The van der Waals surface area contributed by atoms with E-state index >= 15 is 0 Å². The fraction of sp³-hybridized carbons (Fsp3) is 0. The molecule has 3 heteroatoms. The fourth-order valence-electron chi connectivity index (χ4n) is 1.24. The molecule has 0 saturated carbocycles. The summed E-state index contributed by atoms with van der Waals surface area (Å²) in [5, 5.41) is 1.99. The highest BCUT2D eigenvalue weighted by atomic mass is 16.1. The number of amides is 1. The number of benzene rings is 1. The van der Waals surface area contributed by atoms with Crippen LogP contribution in [0.5, 0.6) is 0 Å². The van der Waals surface area contributed by atoms with Crippen molar-refractivity contribution < 1.29 is 4.79 Å². The van der Waals surface area contributed by atoms with Gasteiger partial charge in [0.1, 0.15) is 0 Å². The van der Waals surface area contributed by atoms with Crippen LogP contribution in [0, 0.1) is 0 Å². The number of carbonyl (C=O) groups is 1. The minimum Gasteiger partial charge on any atom is -0.366 e. The average molecular weight is 172 g/mol. The maximum atomic E-state index is 10.9. The lowest BCUT2D eigenvalue weighted by atomic mass is 10.1. The largest absolute Gasteiger partial charge is 0.366 e. The molecule has 2 aromatic rings. The summed E-state index contributed by atoms with van der Waals surface area (Å²) < 4.78 is 0. The first-order valence-corrected chi connectivity index (χ1v) is 3.91. The van der Waals surface area contributed by atoms with E-state index in [4.69, 9.17) is 5.73 Å². The van der Waals surface area contributed by atoms with Crippen molar-refractivity contribution in [1.29, 1.82) is 0 Å². The van der Waals surface area contributed by atoms with Gasteiger partial charge in [0, 0.05) is 23.3 Å². The van der Waals surface area contributed by atoms with E-state index in [2.05, 4.69) is 4.98 Å². The van der Waals surface area contributed by atoms with Crippen LogP contribution < -0.4 is 5.73 Å². The first kappa shape index (κ1) is 7.73. The Kier molecular flexibility index (Phi) is 1.70.